The lowest BCUT2D eigenvalue weighted by atomic mass is 9.48. The number of carbonyl (C=O) groups is 3. The summed E-state index contributed by atoms with van der Waals surface area (Å²) < 4.78 is 0. The first-order valence-electron chi connectivity index (χ1n) is 13.4. The van der Waals surface area contributed by atoms with Gasteiger partial charge in [0.05, 0.1) is 17.0 Å². The third kappa shape index (κ3) is 3.16. The molecule has 1 N–H and O–H groups in total. The summed E-state index contributed by atoms with van der Waals surface area (Å²) in [6, 6.07) is 29.0. The van der Waals surface area contributed by atoms with E-state index < -0.39 is 11.3 Å². The van der Waals surface area contributed by atoms with E-state index in [2.05, 4.69) is 29.6 Å². The standard InChI is InChI=1S/C34H28N2O3/c1-19-15-16-22(17-20(19)2)35-31(37)21-9-8-10-23(18-21)36-32(38)30-28-24-11-4-6-13-26(24)29(34(30,3)33(36)39)27-14-7-5-12-25(27)28/h4-18,28-30H,1-3H3,(H,35,37)/t28?,29?,30-,34-/m0/s1. The van der Waals surface area contributed by atoms with E-state index in [1.165, 1.54) is 4.90 Å². The maximum atomic E-state index is 14.3. The number of rotatable bonds is 3. The van der Waals surface area contributed by atoms with Crippen LogP contribution in [0.25, 0.3) is 0 Å². The highest BCUT2D eigenvalue weighted by molar-refractivity contribution is 6.25. The minimum atomic E-state index is -0.915. The highest BCUT2D eigenvalue weighted by atomic mass is 16.2. The molecule has 0 saturated carbocycles. The molecule has 0 aromatic heterocycles. The number of amides is 3. The number of nitrogens with zero attached hydrogens (tertiary/aromatic N) is 1. The molecule has 5 heteroatoms. The lowest BCUT2D eigenvalue weighted by Gasteiger charge is -2.51. The Bertz CT molecular complexity index is 1680. The third-order valence-corrected chi connectivity index (χ3v) is 9.14. The summed E-state index contributed by atoms with van der Waals surface area (Å²) in [5.41, 5.74) is 7.36. The van der Waals surface area contributed by atoms with Gasteiger partial charge in [-0.1, -0.05) is 60.7 Å². The molecule has 192 valence electrons. The summed E-state index contributed by atoms with van der Waals surface area (Å²) in [4.78, 5) is 43.0. The van der Waals surface area contributed by atoms with E-state index in [1.54, 1.807) is 24.3 Å². The smallest absolute Gasteiger partial charge is 0.255 e. The van der Waals surface area contributed by atoms with Crippen LogP contribution in [-0.4, -0.2) is 17.7 Å². The van der Waals surface area contributed by atoms with Crippen LogP contribution < -0.4 is 10.2 Å². The largest absolute Gasteiger partial charge is 0.322 e. The van der Waals surface area contributed by atoms with E-state index >= 15 is 0 Å². The van der Waals surface area contributed by atoms with Gasteiger partial charge in [-0.3, -0.25) is 14.4 Å². The summed E-state index contributed by atoms with van der Waals surface area (Å²) in [6.07, 6.45) is 0. The van der Waals surface area contributed by atoms with E-state index in [4.69, 9.17) is 0 Å². The summed E-state index contributed by atoms with van der Waals surface area (Å²) in [5.74, 6) is -1.60. The van der Waals surface area contributed by atoms with E-state index in [-0.39, 0.29) is 29.6 Å². The average molecular weight is 513 g/mol. The Hall–Kier alpha value is -4.51. The van der Waals surface area contributed by atoms with Crippen molar-refractivity contribution in [2.75, 3.05) is 10.2 Å². The van der Waals surface area contributed by atoms with Gasteiger partial charge in [0, 0.05) is 23.1 Å². The molecule has 5 nitrogen and oxygen atoms in total. The van der Waals surface area contributed by atoms with Crippen LogP contribution in [0.2, 0.25) is 0 Å². The summed E-state index contributed by atoms with van der Waals surface area (Å²) >= 11 is 0. The molecule has 1 heterocycles. The first-order chi connectivity index (χ1) is 18.8. The SMILES string of the molecule is Cc1ccc(NC(=O)c2cccc(N3C(=O)[C@@H]4C5c6ccccc6C(c6ccccc65)[C@]4(C)C3=O)c2)cc1C. The van der Waals surface area contributed by atoms with E-state index in [0.29, 0.717) is 16.9 Å². The molecule has 4 aliphatic rings. The molecule has 8 rings (SSSR count). The van der Waals surface area contributed by atoms with E-state index in [0.717, 1.165) is 33.4 Å². The van der Waals surface area contributed by atoms with Crippen molar-refractivity contribution < 1.29 is 14.4 Å². The van der Waals surface area contributed by atoms with Crippen LogP contribution in [0.3, 0.4) is 0 Å². The van der Waals surface area contributed by atoms with Crippen molar-refractivity contribution in [1.29, 1.82) is 0 Å². The number of anilines is 2. The molecule has 1 fully saturated rings. The predicted molar refractivity (Wildman–Crippen MR) is 151 cm³/mol. The van der Waals surface area contributed by atoms with Gasteiger partial charge in [-0.2, -0.15) is 0 Å². The number of carbonyl (C=O) groups excluding carboxylic acids is 3. The Labute approximate surface area is 227 Å². The molecule has 3 amide bonds. The zero-order valence-electron chi connectivity index (χ0n) is 22.1. The van der Waals surface area contributed by atoms with Crippen molar-refractivity contribution in [2.45, 2.75) is 32.6 Å². The van der Waals surface area contributed by atoms with Crippen LogP contribution in [0.5, 0.6) is 0 Å². The first-order valence-corrected chi connectivity index (χ1v) is 13.4. The Morgan fingerprint density at radius 1 is 0.769 bits per heavy atom. The van der Waals surface area contributed by atoms with Crippen molar-refractivity contribution >= 4 is 29.1 Å². The van der Waals surface area contributed by atoms with Gasteiger partial charge in [-0.05, 0) is 84.5 Å². The van der Waals surface area contributed by atoms with Crippen LogP contribution in [-0.2, 0) is 9.59 Å². The molecule has 0 spiro atoms. The van der Waals surface area contributed by atoms with Crippen LogP contribution >= 0.6 is 0 Å². The second-order valence-corrected chi connectivity index (χ2v) is 11.2. The molecule has 4 aromatic rings. The molecule has 1 saturated heterocycles. The number of benzene rings is 4. The van der Waals surface area contributed by atoms with Crippen molar-refractivity contribution in [1.82, 2.24) is 0 Å². The Morgan fingerprint density at radius 3 is 2.05 bits per heavy atom. The van der Waals surface area contributed by atoms with E-state index in [9.17, 15) is 14.4 Å². The molecule has 39 heavy (non-hydrogen) atoms. The second-order valence-electron chi connectivity index (χ2n) is 11.2. The van der Waals surface area contributed by atoms with Gasteiger partial charge in [0.2, 0.25) is 11.8 Å². The summed E-state index contributed by atoms with van der Waals surface area (Å²) in [5, 5.41) is 2.94. The molecule has 4 aromatic carbocycles. The zero-order chi connectivity index (χ0) is 27.1. The average Bonchev–Trinajstić information content (AvgIpc) is 3.16. The molecule has 0 radical (unpaired) electrons. The highest BCUT2D eigenvalue weighted by Gasteiger charge is 2.68. The lowest BCUT2D eigenvalue weighted by molar-refractivity contribution is -0.128. The van der Waals surface area contributed by atoms with Crippen LogP contribution in [0.1, 0.15) is 62.5 Å². The maximum Gasteiger partial charge on any atom is 0.255 e. The van der Waals surface area contributed by atoms with Crippen LogP contribution in [0, 0.1) is 25.2 Å². The summed E-state index contributed by atoms with van der Waals surface area (Å²) in [7, 11) is 0. The van der Waals surface area contributed by atoms with Crippen molar-refractivity contribution in [2.24, 2.45) is 11.3 Å². The minimum absolute atomic E-state index is 0.190. The van der Waals surface area contributed by atoms with Gasteiger partial charge < -0.3 is 5.32 Å². The molecule has 3 aliphatic carbocycles. The van der Waals surface area contributed by atoms with E-state index in [1.807, 2.05) is 63.2 Å². The van der Waals surface area contributed by atoms with Crippen LogP contribution in [0.15, 0.2) is 91.0 Å². The molecular formula is C34H28N2O3. The van der Waals surface area contributed by atoms with Crippen molar-refractivity contribution in [3.05, 3.63) is 130 Å². The summed E-state index contributed by atoms with van der Waals surface area (Å²) in [6.45, 7) is 5.98. The second kappa shape index (κ2) is 8.24. The quantitative estimate of drug-likeness (QED) is 0.326. The van der Waals surface area contributed by atoms with Crippen LogP contribution in [0.4, 0.5) is 11.4 Å². The maximum absolute atomic E-state index is 14.3. The molecule has 2 bridgehead atoms. The van der Waals surface area contributed by atoms with Gasteiger partial charge in [-0.25, -0.2) is 4.90 Å². The van der Waals surface area contributed by atoms with Gasteiger partial charge in [-0.15, -0.1) is 0 Å². The van der Waals surface area contributed by atoms with Gasteiger partial charge >= 0.3 is 0 Å². The number of aryl methyl sites for hydroxylation is 2. The molecular weight excluding hydrogens is 484 g/mol. The monoisotopic (exact) mass is 512 g/mol. The molecule has 2 atom stereocenters. The zero-order valence-corrected chi connectivity index (χ0v) is 22.1. The van der Waals surface area contributed by atoms with Gasteiger partial charge in [0.1, 0.15) is 0 Å². The molecule has 0 unspecified atom stereocenters. The fourth-order valence-corrected chi connectivity index (χ4v) is 7.17. The third-order valence-electron chi connectivity index (χ3n) is 9.14. The Kier molecular flexibility index (Phi) is 4.99. The fourth-order valence-electron chi connectivity index (χ4n) is 7.17. The minimum Gasteiger partial charge on any atom is -0.322 e. The number of hydrogen-bond acceptors (Lipinski definition) is 3. The van der Waals surface area contributed by atoms with Crippen molar-refractivity contribution in [3.8, 4) is 0 Å². The van der Waals surface area contributed by atoms with Gasteiger partial charge in [0.25, 0.3) is 5.91 Å². The topological polar surface area (TPSA) is 66.5 Å². The Balaban J connectivity index is 1.28. The first kappa shape index (κ1) is 23.6. The lowest BCUT2D eigenvalue weighted by Crippen LogP contribution is -2.49. The van der Waals surface area contributed by atoms with Gasteiger partial charge in [0.15, 0.2) is 0 Å². The number of imide groups is 1. The number of nitrogens with one attached hydrogen (secondary N) is 1. The predicted octanol–water partition coefficient (Wildman–Crippen LogP) is 6.34. The highest BCUT2D eigenvalue weighted by Crippen LogP contribution is 2.67. The Morgan fingerprint density at radius 2 is 1.41 bits per heavy atom. The fraction of sp³-hybridized carbons (Fsp3) is 0.206. The van der Waals surface area contributed by atoms with Crippen molar-refractivity contribution in [3.63, 3.8) is 0 Å². The normalized spacial score (nSPS) is 24.3. The number of hydrogen-bond donors (Lipinski definition) is 1. The molecule has 1 aliphatic heterocycles.